The normalized spacial score (nSPS) is 10.3. The van der Waals surface area contributed by atoms with Gasteiger partial charge >= 0.3 is 6.09 Å². The maximum absolute atomic E-state index is 11.6. The molecule has 2 rings (SSSR count). The van der Waals surface area contributed by atoms with Crippen molar-refractivity contribution >= 4 is 41.2 Å². The zero-order valence-electron chi connectivity index (χ0n) is 12.2. The van der Waals surface area contributed by atoms with Crippen LogP contribution in [0.4, 0.5) is 16.2 Å². The number of rotatable bonds is 4. The number of benzene rings is 2. The molecule has 0 fully saturated rings. The molecule has 0 aromatic heterocycles. The van der Waals surface area contributed by atoms with E-state index in [1.807, 2.05) is 19.1 Å². The number of halogens is 1. The third-order valence-corrected chi connectivity index (χ3v) is 2.90. The second kappa shape index (κ2) is 7.95. The molecule has 0 aliphatic rings. The minimum Gasteiger partial charge on any atom is -0.321 e. The predicted molar refractivity (Wildman–Crippen MR) is 89.9 cm³/mol. The minimum atomic E-state index is -0.827. The SMILES string of the molecule is Cc1cccc(NC(=O)C=NOC(=O)Nc2cccc(Cl)c2)c1. The molecule has 118 valence electrons. The zero-order chi connectivity index (χ0) is 16.7. The van der Waals surface area contributed by atoms with Gasteiger partial charge in [0.2, 0.25) is 0 Å². The third-order valence-electron chi connectivity index (χ3n) is 2.66. The average Bonchev–Trinajstić information content (AvgIpc) is 2.47. The summed E-state index contributed by atoms with van der Waals surface area (Å²) in [5.41, 5.74) is 2.10. The quantitative estimate of drug-likeness (QED) is 0.507. The van der Waals surface area contributed by atoms with Crippen molar-refractivity contribution in [2.75, 3.05) is 10.6 Å². The first-order valence-electron chi connectivity index (χ1n) is 6.67. The minimum absolute atomic E-state index is 0.460. The summed E-state index contributed by atoms with van der Waals surface area (Å²) in [6.07, 6.45) is 0.0479. The lowest BCUT2D eigenvalue weighted by Gasteiger charge is -2.03. The van der Waals surface area contributed by atoms with Gasteiger partial charge in [-0.15, -0.1) is 0 Å². The molecule has 2 N–H and O–H groups in total. The van der Waals surface area contributed by atoms with Crippen molar-refractivity contribution in [3.63, 3.8) is 0 Å². The summed E-state index contributed by atoms with van der Waals surface area (Å²) in [5.74, 6) is -0.508. The van der Waals surface area contributed by atoms with Crippen LogP contribution in [0.3, 0.4) is 0 Å². The van der Waals surface area contributed by atoms with E-state index in [1.54, 1.807) is 36.4 Å². The number of amides is 2. The lowest BCUT2D eigenvalue weighted by atomic mass is 10.2. The summed E-state index contributed by atoms with van der Waals surface area (Å²) in [6, 6.07) is 13.8. The summed E-state index contributed by atoms with van der Waals surface area (Å²) >= 11 is 5.79. The van der Waals surface area contributed by atoms with Crippen LogP contribution in [-0.2, 0) is 9.63 Å². The van der Waals surface area contributed by atoms with Gasteiger partial charge in [-0.05, 0) is 42.8 Å². The average molecular weight is 332 g/mol. The molecule has 0 unspecified atom stereocenters. The van der Waals surface area contributed by atoms with Gasteiger partial charge < -0.3 is 5.32 Å². The van der Waals surface area contributed by atoms with Crippen LogP contribution in [0.1, 0.15) is 5.56 Å². The Morgan fingerprint density at radius 3 is 2.48 bits per heavy atom. The van der Waals surface area contributed by atoms with Gasteiger partial charge in [0.05, 0.1) is 0 Å². The Labute approximate surface area is 138 Å². The first kappa shape index (κ1) is 16.5. The summed E-state index contributed by atoms with van der Waals surface area (Å²) in [7, 11) is 0. The topological polar surface area (TPSA) is 79.8 Å². The molecular formula is C16H14ClN3O3. The van der Waals surface area contributed by atoms with E-state index in [1.165, 1.54) is 0 Å². The van der Waals surface area contributed by atoms with Crippen molar-refractivity contribution in [2.24, 2.45) is 5.16 Å². The van der Waals surface area contributed by atoms with Crippen molar-refractivity contribution in [3.8, 4) is 0 Å². The Kier molecular flexibility index (Phi) is 5.71. The van der Waals surface area contributed by atoms with Crippen molar-refractivity contribution in [3.05, 3.63) is 59.1 Å². The zero-order valence-corrected chi connectivity index (χ0v) is 13.0. The van der Waals surface area contributed by atoms with Crippen LogP contribution in [0.15, 0.2) is 53.7 Å². The Bertz CT molecular complexity index is 747. The standard InChI is InChI=1S/C16H14ClN3O3/c1-11-4-2-6-13(8-11)19-15(21)10-18-23-16(22)20-14-7-3-5-12(17)9-14/h2-10H,1H3,(H,19,21)(H,20,22). The van der Waals surface area contributed by atoms with Gasteiger partial charge in [-0.2, -0.15) is 0 Å². The summed E-state index contributed by atoms with van der Waals surface area (Å²) < 4.78 is 0. The molecule has 0 saturated carbocycles. The lowest BCUT2D eigenvalue weighted by Crippen LogP contribution is -2.15. The molecule has 23 heavy (non-hydrogen) atoms. The summed E-state index contributed by atoms with van der Waals surface area (Å²) in [6.45, 7) is 1.91. The molecule has 2 aromatic rings. The maximum atomic E-state index is 11.6. The second-order valence-corrected chi connectivity index (χ2v) is 5.04. The Morgan fingerprint density at radius 1 is 1.09 bits per heavy atom. The number of aryl methyl sites for hydroxylation is 1. The van der Waals surface area contributed by atoms with Crippen molar-refractivity contribution in [1.82, 2.24) is 0 Å². The monoisotopic (exact) mass is 331 g/mol. The highest BCUT2D eigenvalue weighted by Gasteiger charge is 2.04. The van der Waals surface area contributed by atoms with E-state index < -0.39 is 12.0 Å². The molecule has 0 radical (unpaired) electrons. The Morgan fingerprint density at radius 2 is 1.78 bits per heavy atom. The van der Waals surface area contributed by atoms with E-state index in [-0.39, 0.29) is 0 Å². The molecule has 0 heterocycles. The van der Waals surface area contributed by atoms with Crippen molar-refractivity contribution in [2.45, 2.75) is 6.92 Å². The highest BCUT2D eigenvalue weighted by atomic mass is 35.5. The highest BCUT2D eigenvalue weighted by Crippen LogP contribution is 2.15. The molecule has 0 atom stereocenters. The lowest BCUT2D eigenvalue weighted by molar-refractivity contribution is -0.110. The van der Waals surface area contributed by atoms with Gasteiger partial charge in [0, 0.05) is 16.4 Å². The number of oxime groups is 1. The Balaban J connectivity index is 1.81. The van der Waals surface area contributed by atoms with E-state index in [4.69, 9.17) is 11.6 Å². The summed E-state index contributed by atoms with van der Waals surface area (Å²) in [4.78, 5) is 27.6. The molecule has 0 bridgehead atoms. The number of nitrogens with zero attached hydrogens (tertiary/aromatic N) is 1. The largest absolute Gasteiger partial charge is 0.437 e. The second-order valence-electron chi connectivity index (χ2n) is 4.61. The number of anilines is 2. The Hall–Kier alpha value is -2.86. The van der Waals surface area contributed by atoms with Crippen LogP contribution < -0.4 is 10.6 Å². The molecule has 0 spiro atoms. The molecule has 2 amide bonds. The van der Waals surface area contributed by atoms with E-state index in [2.05, 4.69) is 20.6 Å². The molecule has 7 heteroatoms. The van der Waals surface area contributed by atoms with Crippen molar-refractivity contribution in [1.29, 1.82) is 0 Å². The fourth-order valence-corrected chi connectivity index (χ4v) is 1.92. The number of hydrogen-bond donors (Lipinski definition) is 2. The van der Waals surface area contributed by atoms with Gasteiger partial charge in [-0.3, -0.25) is 14.9 Å². The van der Waals surface area contributed by atoms with Crippen LogP contribution in [0.25, 0.3) is 0 Å². The maximum Gasteiger partial charge on any atom is 0.437 e. The van der Waals surface area contributed by atoms with E-state index in [0.29, 0.717) is 16.4 Å². The molecule has 2 aromatic carbocycles. The predicted octanol–water partition coefficient (Wildman–Crippen LogP) is 3.82. The van der Waals surface area contributed by atoms with Gasteiger partial charge in [-0.25, -0.2) is 4.79 Å². The molecule has 0 saturated heterocycles. The molecule has 0 aliphatic heterocycles. The van der Waals surface area contributed by atoms with Crippen LogP contribution in [0.2, 0.25) is 5.02 Å². The first-order chi connectivity index (χ1) is 11.0. The number of nitrogens with one attached hydrogen (secondary N) is 2. The first-order valence-corrected chi connectivity index (χ1v) is 7.05. The van der Waals surface area contributed by atoms with Crippen LogP contribution >= 0.6 is 11.6 Å². The van der Waals surface area contributed by atoms with E-state index >= 15 is 0 Å². The molecular weight excluding hydrogens is 318 g/mol. The summed E-state index contributed by atoms with van der Waals surface area (Å²) in [5, 5.41) is 8.82. The third kappa shape index (κ3) is 5.80. The van der Waals surface area contributed by atoms with Gasteiger partial charge in [0.1, 0.15) is 6.21 Å². The van der Waals surface area contributed by atoms with Crippen LogP contribution in [0, 0.1) is 6.92 Å². The van der Waals surface area contributed by atoms with Crippen LogP contribution in [-0.4, -0.2) is 18.2 Å². The van der Waals surface area contributed by atoms with Crippen LogP contribution in [0.5, 0.6) is 0 Å². The van der Waals surface area contributed by atoms with Gasteiger partial charge in [0.15, 0.2) is 0 Å². The van der Waals surface area contributed by atoms with Gasteiger partial charge in [-0.1, -0.05) is 35.0 Å². The van der Waals surface area contributed by atoms with Crippen molar-refractivity contribution < 1.29 is 14.4 Å². The number of carbonyl (C=O) groups excluding carboxylic acids is 2. The fraction of sp³-hybridized carbons (Fsp3) is 0.0625. The molecule has 6 nitrogen and oxygen atoms in total. The fourth-order valence-electron chi connectivity index (χ4n) is 1.73. The number of hydrogen-bond acceptors (Lipinski definition) is 4. The van der Waals surface area contributed by atoms with Gasteiger partial charge in [0.25, 0.3) is 5.91 Å². The number of carbonyl (C=O) groups is 2. The molecule has 0 aliphatic carbocycles. The smallest absolute Gasteiger partial charge is 0.321 e. The highest BCUT2D eigenvalue weighted by molar-refractivity contribution is 6.31. The van der Waals surface area contributed by atoms with E-state index in [0.717, 1.165) is 11.8 Å². The van der Waals surface area contributed by atoms with E-state index in [9.17, 15) is 9.59 Å².